The standard InChI is InChI=1S/C13H19NO2S/c1-10(9-17-3)14(2)12(13(15)16)11-7-5-4-6-8-11/h4-8,10,12H,9H2,1-3H3,(H,15,16). The second-order valence-electron chi connectivity index (χ2n) is 4.12. The molecule has 0 aliphatic carbocycles. The number of likely N-dealkylation sites (N-methyl/N-ethyl adjacent to an activating group) is 1. The molecule has 1 N–H and O–H groups in total. The molecule has 0 heterocycles. The van der Waals surface area contributed by atoms with Gasteiger partial charge in [-0.15, -0.1) is 0 Å². The molecule has 1 aromatic carbocycles. The molecule has 0 aliphatic heterocycles. The first-order valence-corrected chi connectivity index (χ1v) is 6.96. The van der Waals surface area contributed by atoms with Crippen LogP contribution >= 0.6 is 11.8 Å². The summed E-state index contributed by atoms with van der Waals surface area (Å²) in [7, 11) is 1.87. The van der Waals surface area contributed by atoms with Gasteiger partial charge in [0, 0.05) is 11.8 Å². The Morgan fingerprint density at radius 1 is 1.41 bits per heavy atom. The number of carboxylic acids is 1. The summed E-state index contributed by atoms with van der Waals surface area (Å²) < 4.78 is 0. The molecule has 4 heteroatoms. The van der Waals surface area contributed by atoms with Gasteiger partial charge >= 0.3 is 5.97 Å². The number of rotatable bonds is 6. The van der Waals surface area contributed by atoms with E-state index >= 15 is 0 Å². The summed E-state index contributed by atoms with van der Waals surface area (Å²) in [4.78, 5) is 13.3. The van der Waals surface area contributed by atoms with E-state index in [1.54, 1.807) is 11.8 Å². The lowest BCUT2D eigenvalue weighted by molar-refractivity contribution is -0.143. The minimum Gasteiger partial charge on any atom is -0.480 e. The van der Waals surface area contributed by atoms with Crippen molar-refractivity contribution in [1.29, 1.82) is 0 Å². The van der Waals surface area contributed by atoms with E-state index in [1.807, 2.05) is 48.5 Å². The molecule has 0 aliphatic rings. The first-order valence-electron chi connectivity index (χ1n) is 5.56. The van der Waals surface area contributed by atoms with Crippen LogP contribution in [0.4, 0.5) is 0 Å². The van der Waals surface area contributed by atoms with Crippen LogP contribution in [-0.4, -0.2) is 41.1 Å². The number of carbonyl (C=O) groups is 1. The maximum atomic E-state index is 11.4. The number of nitrogens with zero attached hydrogens (tertiary/aromatic N) is 1. The van der Waals surface area contributed by atoms with Gasteiger partial charge in [0.05, 0.1) is 0 Å². The highest BCUT2D eigenvalue weighted by Gasteiger charge is 2.27. The van der Waals surface area contributed by atoms with Gasteiger partial charge in [-0.2, -0.15) is 11.8 Å². The van der Waals surface area contributed by atoms with Crippen molar-refractivity contribution in [2.24, 2.45) is 0 Å². The molecule has 1 aromatic rings. The van der Waals surface area contributed by atoms with Gasteiger partial charge in [0.25, 0.3) is 0 Å². The third kappa shape index (κ3) is 3.75. The van der Waals surface area contributed by atoms with Crippen LogP contribution in [0.3, 0.4) is 0 Å². The highest BCUT2D eigenvalue weighted by Crippen LogP contribution is 2.22. The van der Waals surface area contributed by atoms with E-state index in [-0.39, 0.29) is 6.04 Å². The molecule has 0 fully saturated rings. The lowest BCUT2D eigenvalue weighted by Crippen LogP contribution is -2.38. The monoisotopic (exact) mass is 253 g/mol. The van der Waals surface area contributed by atoms with Crippen LogP contribution in [0.2, 0.25) is 0 Å². The fourth-order valence-electron chi connectivity index (χ4n) is 1.80. The van der Waals surface area contributed by atoms with Crippen LogP contribution in [0, 0.1) is 0 Å². The summed E-state index contributed by atoms with van der Waals surface area (Å²) in [5, 5.41) is 9.37. The van der Waals surface area contributed by atoms with Crippen molar-refractivity contribution in [3.05, 3.63) is 35.9 Å². The zero-order valence-electron chi connectivity index (χ0n) is 10.5. The molecular weight excluding hydrogens is 234 g/mol. The first-order chi connectivity index (χ1) is 8.07. The molecular formula is C13H19NO2S. The third-order valence-corrected chi connectivity index (χ3v) is 3.68. The van der Waals surface area contributed by atoms with Crippen LogP contribution in [0.15, 0.2) is 30.3 Å². The van der Waals surface area contributed by atoms with Crippen molar-refractivity contribution >= 4 is 17.7 Å². The topological polar surface area (TPSA) is 40.5 Å². The molecule has 0 bridgehead atoms. The van der Waals surface area contributed by atoms with Crippen LogP contribution in [0.25, 0.3) is 0 Å². The Kier molecular flexibility index (Phi) is 5.51. The maximum Gasteiger partial charge on any atom is 0.325 e. The van der Waals surface area contributed by atoms with Gasteiger partial charge in [0.2, 0.25) is 0 Å². The molecule has 0 amide bonds. The molecule has 0 saturated heterocycles. The summed E-state index contributed by atoms with van der Waals surface area (Å²) in [5.74, 6) is 0.124. The van der Waals surface area contributed by atoms with Crippen LogP contribution in [0.1, 0.15) is 18.5 Å². The van der Waals surface area contributed by atoms with Crippen LogP contribution < -0.4 is 0 Å². The second kappa shape index (κ2) is 6.67. The minimum atomic E-state index is -0.799. The molecule has 2 unspecified atom stereocenters. The van der Waals surface area contributed by atoms with Gasteiger partial charge < -0.3 is 5.11 Å². The highest BCUT2D eigenvalue weighted by molar-refractivity contribution is 7.98. The van der Waals surface area contributed by atoms with Crippen molar-refractivity contribution in [3.63, 3.8) is 0 Å². The molecule has 0 spiro atoms. The first kappa shape index (κ1) is 14.1. The van der Waals surface area contributed by atoms with E-state index in [1.165, 1.54) is 0 Å². The zero-order chi connectivity index (χ0) is 12.8. The van der Waals surface area contributed by atoms with Gasteiger partial charge in [-0.3, -0.25) is 9.69 Å². The second-order valence-corrected chi connectivity index (χ2v) is 5.03. The molecule has 17 heavy (non-hydrogen) atoms. The molecule has 94 valence electrons. The highest BCUT2D eigenvalue weighted by atomic mass is 32.2. The Balaban J connectivity index is 2.90. The summed E-state index contributed by atoms with van der Waals surface area (Å²) in [6.07, 6.45) is 2.03. The number of thioether (sulfide) groups is 1. The summed E-state index contributed by atoms with van der Waals surface area (Å²) in [6, 6.07) is 9.02. The molecule has 0 saturated carbocycles. The average Bonchev–Trinajstić information content (AvgIpc) is 2.30. The lowest BCUT2D eigenvalue weighted by Gasteiger charge is -2.30. The SMILES string of the molecule is CSCC(C)N(C)C(C(=O)O)c1ccccc1. The largest absolute Gasteiger partial charge is 0.480 e. The Morgan fingerprint density at radius 2 is 2.00 bits per heavy atom. The van der Waals surface area contributed by atoms with Crippen molar-refractivity contribution in [1.82, 2.24) is 4.90 Å². The van der Waals surface area contributed by atoms with Crippen LogP contribution in [0.5, 0.6) is 0 Å². The Hall–Kier alpha value is -1.00. The van der Waals surface area contributed by atoms with Crippen LogP contribution in [-0.2, 0) is 4.79 Å². The fourth-order valence-corrected chi connectivity index (χ4v) is 2.52. The number of hydrogen-bond donors (Lipinski definition) is 1. The summed E-state index contributed by atoms with van der Waals surface area (Å²) in [6.45, 7) is 2.05. The minimum absolute atomic E-state index is 0.228. The number of carboxylic acid groups (broad SMARTS) is 1. The zero-order valence-corrected chi connectivity index (χ0v) is 11.3. The Morgan fingerprint density at radius 3 is 2.47 bits per heavy atom. The van der Waals surface area contributed by atoms with Gasteiger partial charge in [0.15, 0.2) is 0 Å². The van der Waals surface area contributed by atoms with E-state index in [4.69, 9.17) is 0 Å². The number of benzene rings is 1. The smallest absolute Gasteiger partial charge is 0.325 e. The molecule has 0 radical (unpaired) electrons. The number of aliphatic carboxylic acids is 1. The van der Waals surface area contributed by atoms with Crippen molar-refractivity contribution in [2.45, 2.75) is 19.0 Å². The molecule has 3 nitrogen and oxygen atoms in total. The molecule has 0 aromatic heterocycles. The predicted molar refractivity (Wildman–Crippen MR) is 72.4 cm³/mol. The molecule has 2 atom stereocenters. The van der Waals surface area contributed by atoms with Crippen molar-refractivity contribution in [3.8, 4) is 0 Å². The van der Waals surface area contributed by atoms with E-state index in [0.29, 0.717) is 0 Å². The predicted octanol–water partition coefficient (Wildman–Crippen LogP) is 2.50. The lowest BCUT2D eigenvalue weighted by atomic mass is 10.0. The van der Waals surface area contributed by atoms with E-state index in [0.717, 1.165) is 11.3 Å². The quantitative estimate of drug-likeness (QED) is 0.845. The van der Waals surface area contributed by atoms with Crippen molar-refractivity contribution in [2.75, 3.05) is 19.1 Å². The van der Waals surface area contributed by atoms with Gasteiger partial charge in [0.1, 0.15) is 6.04 Å². The van der Waals surface area contributed by atoms with E-state index in [2.05, 4.69) is 6.92 Å². The van der Waals surface area contributed by atoms with Gasteiger partial charge in [-0.1, -0.05) is 30.3 Å². The summed E-state index contributed by atoms with van der Waals surface area (Å²) in [5.41, 5.74) is 0.829. The van der Waals surface area contributed by atoms with Gasteiger partial charge in [-0.05, 0) is 25.8 Å². The fraction of sp³-hybridized carbons (Fsp3) is 0.462. The van der Waals surface area contributed by atoms with Crippen molar-refractivity contribution < 1.29 is 9.90 Å². The Labute approximate surface area is 107 Å². The average molecular weight is 253 g/mol. The van der Waals surface area contributed by atoms with E-state index in [9.17, 15) is 9.90 Å². The molecule has 1 rings (SSSR count). The maximum absolute atomic E-state index is 11.4. The summed E-state index contributed by atoms with van der Waals surface area (Å²) >= 11 is 1.73. The number of hydrogen-bond acceptors (Lipinski definition) is 3. The van der Waals surface area contributed by atoms with Gasteiger partial charge in [-0.25, -0.2) is 0 Å². The normalized spacial score (nSPS) is 14.6. The third-order valence-electron chi connectivity index (χ3n) is 2.86. The van der Waals surface area contributed by atoms with E-state index < -0.39 is 12.0 Å². The Bertz CT molecular complexity index is 356.